The maximum Gasteiger partial charge on any atom is 0.290 e. The van der Waals surface area contributed by atoms with E-state index in [0.29, 0.717) is 0 Å². The fourth-order valence-corrected chi connectivity index (χ4v) is 16.4. The molecule has 0 aliphatic heterocycles. The smallest absolute Gasteiger partial charge is 0.290 e. The van der Waals surface area contributed by atoms with Crippen LogP contribution in [0.1, 0.15) is 66.2 Å². The van der Waals surface area contributed by atoms with Crippen LogP contribution in [-0.4, -0.2) is 36.6 Å². The summed E-state index contributed by atoms with van der Waals surface area (Å²) in [6.07, 6.45) is 11.2. The average Bonchev–Trinajstić information content (AvgIpc) is 2.83. The molecular formula is C30H50O2Si3. The lowest BCUT2D eigenvalue weighted by atomic mass is 10.1. The van der Waals surface area contributed by atoms with E-state index < -0.39 is 31.4 Å². The molecule has 5 heteroatoms. The lowest BCUT2D eigenvalue weighted by molar-refractivity contribution is 0.0805. The van der Waals surface area contributed by atoms with Crippen molar-refractivity contribution in [2.24, 2.45) is 0 Å². The molecule has 1 atom stereocenters. The molecule has 0 N–H and O–H groups in total. The predicted molar refractivity (Wildman–Crippen MR) is 163 cm³/mol. The largest absolute Gasteiger partial charge is 0.411 e. The van der Waals surface area contributed by atoms with Crippen molar-refractivity contribution in [3.8, 4) is 0 Å². The van der Waals surface area contributed by atoms with Gasteiger partial charge >= 0.3 is 0 Å². The summed E-state index contributed by atoms with van der Waals surface area (Å²) in [5, 5.41) is 2.15. The molecule has 0 aliphatic rings. The van der Waals surface area contributed by atoms with Gasteiger partial charge < -0.3 is 8.85 Å². The Bertz CT molecular complexity index is 837. The minimum absolute atomic E-state index is 0.0656. The molecule has 0 spiro atoms. The summed E-state index contributed by atoms with van der Waals surface area (Å²) in [4.78, 5) is 0. The Kier molecular flexibility index (Phi) is 11.9. The van der Waals surface area contributed by atoms with Crippen molar-refractivity contribution in [3.05, 3.63) is 72.8 Å². The minimum atomic E-state index is -2.94. The van der Waals surface area contributed by atoms with E-state index in [4.69, 9.17) is 8.85 Å². The van der Waals surface area contributed by atoms with Crippen LogP contribution in [0.3, 0.4) is 0 Å². The van der Waals surface area contributed by atoms with Gasteiger partial charge in [0.05, 0.1) is 8.80 Å². The lowest BCUT2D eigenvalue weighted by Crippen LogP contribution is -2.79. The summed E-state index contributed by atoms with van der Waals surface area (Å²) in [6.45, 7) is 18.7. The van der Waals surface area contributed by atoms with Crippen LogP contribution < -0.4 is 10.4 Å². The third-order valence-electron chi connectivity index (χ3n) is 7.21. The fourth-order valence-electron chi connectivity index (χ4n) is 5.90. The van der Waals surface area contributed by atoms with Crippen molar-refractivity contribution < 1.29 is 8.85 Å². The lowest BCUT2D eigenvalue weighted by Gasteiger charge is -2.54. The van der Waals surface area contributed by atoms with Crippen LogP contribution in [0.5, 0.6) is 0 Å². The first-order valence-corrected chi connectivity index (χ1v) is 21.5. The molecule has 2 nitrogen and oxygen atoms in total. The number of hydrogen-bond acceptors (Lipinski definition) is 2. The maximum atomic E-state index is 8.06. The van der Waals surface area contributed by atoms with Crippen molar-refractivity contribution >= 4 is 36.5 Å². The quantitative estimate of drug-likeness (QED) is 0.188. The molecule has 0 saturated heterocycles. The highest BCUT2D eigenvalue weighted by atomic mass is 28.4. The minimum Gasteiger partial charge on any atom is -0.411 e. The highest BCUT2D eigenvalue weighted by Gasteiger charge is 2.60. The Morgan fingerprint density at radius 3 is 1.54 bits per heavy atom. The second kappa shape index (κ2) is 13.9. The summed E-state index contributed by atoms with van der Waals surface area (Å²) in [5.74, 6) is 0. The first kappa shape index (κ1) is 30.0. The van der Waals surface area contributed by atoms with Gasteiger partial charge in [-0.05, 0) is 49.7 Å². The van der Waals surface area contributed by atoms with Crippen LogP contribution in [0, 0.1) is 0 Å². The summed E-state index contributed by atoms with van der Waals surface area (Å²) in [5.41, 5.74) is 0. The van der Waals surface area contributed by atoms with E-state index in [1.54, 1.807) is 0 Å². The maximum absolute atomic E-state index is 8.06. The highest BCUT2D eigenvalue weighted by Crippen LogP contribution is 2.40. The van der Waals surface area contributed by atoms with E-state index in [0.717, 1.165) is 38.5 Å². The van der Waals surface area contributed by atoms with E-state index in [9.17, 15) is 0 Å². The molecule has 2 aromatic carbocycles. The van der Waals surface area contributed by atoms with E-state index >= 15 is 0 Å². The van der Waals surface area contributed by atoms with E-state index in [2.05, 4.69) is 127 Å². The SMILES string of the molecule is C/C=C\C(CCC)(O[SiH](C)C)[Si](OC(CCC)(CCC)[SiH](C)C)(c1ccccc1)c1ccccc1. The van der Waals surface area contributed by atoms with Crippen molar-refractivity contribution in [1.29, 1.82) is 0 Å². The van der Waals surface area contributed by atoms with Crippen LogP contribution in [0.4, 0.5) is 0 Å². The van der Waals surface area contributed by atoms with Crippen LogP contribution in [0.25, 0.3) is 0 Å². The van der Waals surface area contributed by atoms with E-state index in [-0.39, 0.29) is 5.22 Å². The first-order valence-electron chi connectivity index (χ1n) is 13.9. The van der Waals surface area contributed by atoms with Gasteiger partial charge in [0.1, 0.15) is 5.22 Å². The number of benzene rings is 2. The van der Waals surface area contributed by atoms with Gasteiger partial charge in [-0.15, -0.1) is 0 Å². The second-order valence-corrected chi connectivity index (χ2v) is 19.8. The fraction of sp³-hybridized carbons (Fsp3) is 0.533. The zero-order valence-electron chi connectivity index (χ0n) is 23.6. The van der Waals surface area contributed by atoms with Gasteiger partial charge in [-0.2, -0.15) is 0 Å². The molecule has 35 heavy (non-hydrogen) atoms. The predicted octanol–water partition coefficient (Wildman–Crippen LogP) is 6.78. The highest BCUT2D eigenvalue weighted by molar-refractivity contribution is 7.00. The molecular weight excluding hydrogens is 477 g/mol. The van der Waals surface area contributed by atoms with Gasteiger partial charge in [0.15, 0.2) is 9.04 Å². The summed E-state index contributed by atoms with van der Waals surface area (Å²) in [7, 11) is -5.57. The Morgan fingerprint density at radius 1 is 0.743 bits per heavy atom. The number of hydrogen-bond donors (Lipinski definition) is 0. The molecule has 0 bridgehead atoms. The van der Waals surface area contributed by atoms with Gasteiger partial charge in [-0.1, -0.05) is 126 Å². The molecule has 194 valence electrons. The van der Waals surface area contributed by atoms with Gasteiger partial charge in [-0.25, -0.2) is 0 Å². The van der Waals surface area contributed by atoms with Crippen LogP contribution in [-0.2, 0) is 8.85 Å². The zero-order chi connectivity index (χ0) is 26.0. The third-order valence-corrected chi connectivity index (χ3v) is 16.1. The second-order valence-electron chi connectivity index (χ2n) is 10.5. The topological polar surface area (TPSA) is 18.5 Å². The molecule has 0 amide bonds. The van der Waals surface area contributed by atoms with Gasteiger partial charge in [0, 0.05) is 5.22 Å². The summed E-state index contributed by atoms with van der Waals surface area (Å²) >= 11 is 0. The number of allylic oxidation sites excluding steroid dienone is 1. The summed E-state index contributed by atoms with van der Waals surface area (Å²) < 4.78 is 15.3. The van der Waals surface area contributed by atoms with Crippen molar-refractivity contribution in [3.63, 3.8) is 0 Å². The molecule has 0 heterocycles. The Balaban J connectivity index is 3.09. The molecule has 0 radical (unpaired) electrons. The van der Waals surface area contributed by atoms with Crippen LogP contribution in [0.15, 0.2) is 72.8 Å². The molecule has 2 rings (SSSR count). The van der Waals surface area contributed by atoms with E-state index in [1.165, 1.54) is 10.4 Å². The average molecular weight is 527 g/mol. The van der Waals surface area contributed by atoms with Gasteiger partial charge in [0.25, 0.3) is 8.32 Å². The van der Waals surface area contributed by atoms with E-state index in [1.807, 2.05) is 0 Å². The molecule has 0 fully saturated rings. The molecule has 0 aromatic heterocycles. The molecule has 1 unspecified atom stereocenters. The van der Waals surface area contributed by atoms with Gasteiger partial charge in [-0.3, -0.25) is 0 Å². The molecule has 0 saturated carbocycles. The van der Waals surface area contributed by atoms with Crippen molar-refractivity contribution in [2.45, 2.75) is 103 Å². The van der Waals surface area contributed by atoms with Crippen molar-refractivity contribution in [2.75, 3.05) is 0 Å². The molecule has 2 aromatic rings. The standard InChI is InChI=1S/C30H50O2Si3/c1-9-23-29(24-10-2,33(5)6)32-35(27-19-15-13-16-20-27,28-21-17-14-18-22-28)30(25-11-3,26-12-4)31-34(7)8/h11,13-22,25,33-34H,9-10,12,23-24,26H2,1-8H3/b25-11-. The summed E-state index contributed by atoms with van der Waals surface area (Å²) in [6, 6.07) is 22.3. The third kappa shape index (κ3) is 6.55. The van der Waals surface area contributed by atoms with Crippen LogP contribution >= 0.6 is 0 Å². The normalized spacial score (nSPS) is 14.7. The zero-order valence-corrected chi connectivity index (χ0v) is 27.0. The molecule has 0 aliphatic carbocycles. The Hall–Kier alpha value is -1.25. The first-order chi connectivity index (χ1) is 16.8. The Morgan fingerprint density at radius 2 is 1.20 bits per heavy atom. The van der Waals surface area contributed by atoms with Crippen LogP contribution in [0.2, 0.25) is 26.2 Å². The Labute approximate surface area is 220 Å². The van der Waals surface area contributed by atoms with Gasteiger partial charge in [0.2, 0.25) is 0 Å². The monoisotopic (exact) mass is 526 g/mol. The number of rotatable bonds is 15. The van der Waals surface area contributed by atoms with Crippen molar-refractivity contribution in [1.82, 2.24) is 0 Å².